The molecular formula is C11H21ClN4. The van der Waals surface area contributed by atoms with Crippen LogP contribution < -0.4 is 11.3 Å². The fourth-order valence-corrected chi connectivity index (χ4v) is 2.04. The normalized spacial score (nSPS) is 13.4. The first-order valence-corrected chi connectivity index (χ1v) is 6.15. The van der Waals surface area contributed by atoms with E-state index in [1.54, 1.807) is 6.20 Å². The Bertz CT molecular complexity index is 322. The first kappa shape index (κ1) is 13.5. The molecule has 0 aromatic carbocycles. The number of aryl methyl sites for hydroxylation is 1. The summed E-state index contributed by atoms with van der Waals surface area (Å²) >= 11 is 6.13. The maximum atomic E-state index is 6.13. The summed E-state index contributed by atoms with van der Waals surface area (Å²) in [7, 11) is 0. The van der Waals surface area contributed by atoms with Crippen LogP contribution in [0.5, 0.6) is 0 Å². The van der Waals surface area contributed by atoms with E-state index in [0.717, 1.165) is 25.1 Å². The Morgan fingerprint density at radius 1 is 1.50 bits per heavy atom. The summed E-state index contributed by atoms with van der Waals surface area (Å²) in [6.07, 6.45) is 3.76. The van der Waals surface area contributed by atoms with Crippen LogP contribution in [0.3, 0.4) is 0 Å². The van der Waals surface area contributed by atoms with Gasteiger partial charge in [-0.2, -0.15) is 5.10 Å². The second-order valence-electron chi connectivity index (χ2n) is 4.38. The number of hydrogen-bond acceptors (Lipinski definition) is 3. The number of rotatable bonds is 6. The Balaban J connectivity index is 2.81. The number of nitrogens with two attached hydrogens (primary N) is 1. The maximum absolute atomic E-state index is 6.13. The topological polar surface area (TPSA) is 55.9 Å². The molecule has 0 aliphatic rings. The summed E-state index contributed by atoms with van der Waals surface area (Å²) in [6.45, 7) is 7.25. The van der Waals surface area contributed by atoms with E-state index in [4.69, 9.17) is 17.4 Å². The number of aromatic nitrogens is 2. The van der Waals surface area contributed by atoms with Gasteiger partial charge in [-0.05, 0) is 25.7 Å². The number of hydrazine groups is 1. The minimum atomic E-state index is 0.0809. The van der Waals surface area contributed by atoms with Gasteiger partial charge in [0.25, 0.3) is 0 Å². The molecule has 0 amide bonds. The lowest BCUT2D eigenvalue weighted by Gasteiger charge is -2.18. The van der Waals surface area contributed by atoms with Gasteiger partial charge in [-0.25, -0.2) is 0 Å². The van der Waals surface area contributed by atoms with Gasteiger partial charge in [0.2, 0.25) is 0 Å². The van der Waals surface area contributed by atoms with Crippen LogP contribution in [0.4, 0.5) is 0 Å². The first-order chi connectivity index (χ1) is 7.60. The molecule has 0 bridgehead atoms. The Labute approximate surface area is 102 Å². The molecule has 4 nitrogen and oxygen atoms in total. The molecule has 92 valence electrons. The third-order valence-corrected chi connectivity index (χ3v) is 2.99. The highest BCUT2D eigenvalue weighted by molar-refractivity contribution is 6.31. The molecule has 1 unspecified atom stereocenters. The van der Waals surface area contributed by atoms with E-state index in [-0.39, 0.29) is 6.04 Å². The van der Waals surface area contributed by atoms with Crippen molar-refractivity contribution in [2.24, 2.45) is 11.8 Å². The molecule has 1 heterocycles. The lowest BCUT2D eigenvalue weighted by Crippen LogP contribution is -2.30. The molecule has 1 aromatic heterocycles. The van der Waals surface area contributed by atoms with Crippen molar-refractivity contribution in [2.45, 2.75) is 46.2 Å². The summed E-state index contributed by atoms with van der Waals surface area (Å²) in [6, 6.07) is 0.0809. The van der Waals surface area contributed by atoms with Crippen molar-refractivity contribution in [1.82, 2.24) is 15.2 Å². The quantitative estimate of drug-likeness (QED) is 0.597. The van der Waals surface area contributed by atoms with Gasteiger partial charge in [0.15, 0.2) is 0 Å². The molecule has 0 radical (unpaired) electrons. The zero-order chi connectivity index (χ0) is 12.1. The van der Waals surface area contributed by atoms with E-state index in [2.05, 4.69) is 24.4 Å². The van der Waals surface area contributed by atoms with Gasteiger partial charge >= 0.3 is 0 Å². The number of nitrogens with zero attached hydrogens (tertiary/aromatic N) is 2. The smallest absolute Gasteiger partial charge is 0.0834 e. The van der Waals surface area contributed by atoms with Crippen molar-refractivity contribution >= 4 is 11.6 Å². The predicted octanol–water partition coefficient (Wildman–Crippen LogP) is 2.50. The summed E-state index contributed by atoms with van der Waals surface area (Å²) in [5.41, 5.74) is 3.82. The monoisotopic (exact) mass is 244 g/mol. The summed E-state index contributed by atoms with van der Waals surface area (Å²) in [4.78, 5) is 0. The number of halogens is 1. The van der Waals surface area contributed by atoms with Gasteiger partial charge in [0, 0.05) is 6.54 Å². The average molecular weight is 245 g/mol. The van der Waals surface area contributed by atoms with Gasteiger partial charge < -0.3 is 0 Å². The second kappa shape index (κ2) is 6.23. The number of hydrogen-bond donors (Lipinski definition) is 2. The maximum Gasteiger partial charge on any atom is 0.0834 e. The van der Waals surface area contributed by atoms with Gasteiger partial charge in [0.1, 0.15) is 0 Å². The van der Waals surface area contributed by atoms with Crippen molar-refractivity contribution in [3.8, 4) is 0 Å². The molecule has 0 saturated carbocycles. The van der Waals surface area contributed by atoms with Crippen molar-refractivity contribution in [1.29, 1.82) is 0 Å². The Kier molecular flexibility index (Phi) is 5.25. The lowest BCUT2D eigenvalue weighted by molar-refractivity contribution is 0.421. The van der Waals surface area contributed by atoms with Crippen LogP contribution >= 0.6 is 11.6 Å². The SMILES string of the molecule is CCn1ncc(Cl)c1C(CCC(C)C)NN. The van der Waals surface area contributed by atoms with Crippen molar-refractivity contribution in [3.63, 3.8) is 0 Å². The van der Waals surface area contributed by atoms with Crippen molar-refractivity contribution < 1.29 is 0 Å². The molecule has 3 N–H and O–H groups in total. The highest BCUT2D eigenvalue weighted by Gasteiger charge is 2.18. The summed E-state index contributed by atoms with van der Waals surface area (Å²) < 4.78 is 1.90. The minimum Gasteiger partial charge on any atom is -0.271 e. The van der Waals surface area contributed by atoms with Crippen LogP contribution in [0.1, 0.15) is 45.3 Å². The molecular weight excluding hydrogens is 224 g/mol. The largest absolute Gasteiger partial charge is 0.271 e. The van der Waals surface area contributed by atoms with E-state index in [9.17, 15) is 0 Å². The molecule has 0 spiro atoms. The fraction of sp³-hybridized carbons (Fsp3) is 0.727. The Morgan fingerprint density at radius 3 is 2.69 bits per heavy atom. The highest BCUT2D eigenvalue weighted by Crippen LogP contribution is 2.26. The van der Waals surface area contributed by atoms with Crippen molar-refractivity contribution in [3.05, 3.63) is 16.9 Å². The van der Waals surface area contributed by atoms with Crippen LogP contribution in [0.25, 0.3) is 0 Å². The van der Waals surface area contributed by atoms with Gasteiger partial charge in [-0.1, -0.05) is 25.4 Å². The Hall–Kier alpha value is -0.580. The van der Waals surface area contributed by atoms with Gasteiger partial charge in [-0.3, -0.25) is 16.0 Å². The molecule has 1 atom stereocenters. The highest BCUT2D eigenvalue weighted by atomic mass is 35.5. The molecule has 0 fully saturated rings. The summed E-state index contributed by atoms with van der Waals surface area (Å²) in [5, 5.41) is 4.91. The third kappa shape index (κ3) is 3.20. The molecule has 16 heavy (non-hydrogen) atoms. The van der Waals surface area contributed by atoms with Crippen LogP contribution in [-0.4, -0.2) is 9.78 Å². The second-order valence-corrected chi connectivity index (χ2v) is 4.79. The lowest BCUT2D eigenvalue weighted by atomic mass is 10.0. The molecule has 5 heteroatoms. The van der Waals surface area contributed by atoms with E-state index in [0.29, 0.717) is 10.9 Å². The van der Waals surface area contributed by atoms with Gasteiger partial charge in [-0.15, -0.1) is 0 Å². The summed E-state index contributed by atoms with van der Waals surface area (Å²) in [5.74, 6) is 6.25. The van der Waals surface area contributed by atoms with Crippen LogP contribution in [0.2, 0.25) is 5.02 Å². The van der Waals surface area contributed by atoms with E-state index < -0.39 is 0 Å². The van der Waals surface area contributed by atoms with E-state index in [1.807, 2.05) is 11.6 Å². The van der Waals surface area contributed by atoms with Crippen LogP contribution in [0, 0.1) is 5.92 Å². The zero-order valence-electron chi connectivity index (χ0n) is 10.2. The zero-order valence-corrected chi connectivity index (χ0v) is 11.0. The third-order valence-electron chi connectivity index (χ3n) is 2.70. The van der Waals surface area contributed by atoms with Gasteiger partial charge in [0.05, 0.1) is 23.0 Å². The van der Waals surface area contributed by atoms with Crippen LogP contribution in [-0.2, 0) is 6.54 Å². The van der Waals surface area contributed by atoms with Crippen LogP contribution in [0.15, 0.2) is 6.20 Å². The molecule has 1 rings (SSSR count). The number of nitrogens with one attached hydrogen (secondary N) is 1. The predicted molar refractivity (Wildman–Crippen MR) is 67.0 cm³/mol. The average Bonchev–Trinajstić information content (AvgIpc) is 2.61. The standard InChI is InChI=1S/C11H21ClN4/c1-4-16-11(9(12)7-14-16)10(15-13)6-5-8(2)3/h7-8,10,15H,4-6,13H2,1-3H3. The molecule has 0 aliphatic heterocycles. The molecule has 0 saturated heterocycles. The van der Waals surface area contributed by atoms with E-state index in [1.165, 1.54) is 0 Å². The molecule has 1 aromatic rings. The molecule has 0 aliphatic carbocycles. The Morgan fingerprint density at radius 2 is 2.19 bits per heavy atom. The van der Waals surface area contributed by atoms with Crippen molar-refractivity contribution in [2.75, 3.05) is 0 Å². The first-order valence-electron chi connectivity index (χ1n) is 5.77. The fourth-order valence-electron chi connectivity index (χ4n) is 1.77. The van der Waals surface area contributed by atoms with E-state index >= 15 is 0 Å². The minimum absolute atomic E-state index is 0.0809.